The third-order valence-electron chi connectivity index (χ3n) is 2.76. The van der Waals surface area contributed by atoms with Crippen LogP contribution in [-0.2, 0) is 11.2 Å². The van der Waals surface area contributed by atoms with Gasteiger partial charge in [0.1, 0.15) is 12.2 Å². The molecule has 1 aromatic carbocycles. The minimum absolute atomic E-state index is 0.489. The van der Waals surface area contributed by atoms with Crippen molar-refractivity contribution in [2.75, 3.05) is 0 Å². The molecule has 0 spiro atoms. The van der Waals surface area contributed by atoms with E-state index in [1.54, 1.807) is 6.07 Å². The molecule has 86 valence electrons. The molecular weight excluding hydrogens is 230 g/mol. The van der Waals surface area contributed by atoms with E-state index >= 15 is 0 Å². The van der Waals surface area contributed by atoms with E-state index < -0.39 is 18.3 Å². The van der Waals surface area contributed by atoms with Crippen molar-refractivity contribution in [2.24, 2.45) is 5.73 Å². The molecule has 0 bridgehead atoms. The van der Waals surface area contributed by atoms with Gasteiger partial charge < -0.3 is 15.6 Å². The number of rotatable bonds is 1. The number of aliphatic hydroxyl groups excluding tert-OH is 1. The highest BCUT2D eigenvalue weighted by Gasteiger charge is 2.31. The van der Waals surface area contributed by atoms with Crippen LogP contribution in [-0.4, -0.2) is 17.3 Å². The second-order valence-corrected chi connectivity index (χ2v) is 4.18. The van der Waals surface area contributed by atoms with E-state index in [2.05, 4.69) is 0 Å². The average molecular weight is 242 g/mol. The number of ether oxygens (including phenoxy) is 1. The van der Waals surface area contributed by atoms with Crippen LogP contribution in [0.1, 0.15) is 23.7 Å². The molecule has 1 aromatic rings. The van der Waals surface area contributed by atoms with Gasteiger partial charge >= 0.3 is 6.09 Å². The fourth-order valence-electron chi connectivity index (χ4n) is 2.05. The highest BCUT2D eigenvalue weighted by molar-refractivity contribution is 6.31. The van der Waals surface area contributed by atoms with Gasteiger partial charge in [-0.05, 0) is 24.5 Å². The summed E-state index contributed by atoms with van der Waals surface area (Å²) in [6.45, 7) is 0. The summed E-state index contributed by atoms with van der Waals surface area (Å²) in [6, 6.07) is 5.45. The van der Waals surface area contributed by atoms with E-state index in [-0.39, 0.29) is 0 Å². The van der Waals surface area contributed by atoms with Crippen molar-refractivity contribution in [2.45, 2.75) is 25.0 Å². The summed E-state index contributed by atoms with van der Waals surface area (Å²) >= 11 is 6.01. The Hall–Kier alpha value is -1.26. The molecule has 1 aliphatic rings. The molecule has 2 atom stereocenters. The zero-order valence-corrected chi connectivity index (χ0v) is 9.28. The number of fused-ring (bicyclic) bond motifs is 1. The Morgan fingerprint density at radius 2 is 2.31 bits per heavy atom. The second kappa shape index (κ2) is 4.31. The van der Waals surface area contributed by atoms with Crippen LogP contribution in [0.15, 0.2) is 18.2 Å². The highest BCUT2D eigenvalue weighted by Crippen LogP contribution is 2.36. The smallest absolute Gasteiger partial charge is 0.404 e. The van der Waals surface area contributed by atoms with Gasteiger partial charge in [-0.2, -0.15) is 0 Å². The van der Waals surface area contributed by atoms with E-state index in [1.807, 2.05) is 12.1 Å². The first-order chi connectivity index (χ1) is 7.59. The molecule has 0 saturated carbocycles. The van der Waals surface area contributed by atoms with Gasteiger partial charge in [-0.1, -0.05) is 23.7 Å². The van der Waals surface area contributed by atoms with Gasteiger partial charge in [0.2, 0.25) is 0 Å². The molecule has 4 nitrogen and oxygen atoms in total. The molecule has 0 aromatic heterocycles. The second-order valence-electron chi connectivity index (χ2n) is 3.77. The summed E-state index contributed by atoms with van der Waals surface area (Å²) in [6.07, 6.45) is -1.11. The average Bonchev–Trinajstić information content (AvgIpc) is 2.22. The van der Waals surface area contributed by atoms with E-state index in [0.29, 0.717) is 23.4 Å². The first-order valence-corrected chi connectivity index (χ1v) is 5.39. The first kappa shape index (κ1) is 11.2. The van der Waals surface area contributed by atoms with Crippen molar-refractivity contribution in [1.29, 1.82) is 0 Å². The van der Waals surface area contributed by atoms with Crippen molar-refractivity contribution in [1.82, 2.24) is 0 Å². The molecule has 16 heavy (non-hydrogen) atoms. The fraction of sp³-hybridized carbons (Fsp3) is 0.364. The number of amides is 1. The summed E-state index contributed by atoms with van der Waals surface area (Å²) in [5, 5.41) is 10.5. The molecular formula is C11H12ClNO3. The van der Waals surface area contributed by atoms with Gasteiger partial charge in [0.15, 0.2) is 0 Å². The number of hydrogen-bond donors (Lipinski definition) is 2. The van der Waals surface area contributed by atoms with Crippen LogP contribution in [0, 0.1) is 0 Å². The van der Waals surface area contributed by atoms with Crippen LogP contribution in [0.3, 0.4) is 0 Å². The molecule has 0 unspecified atom stereocenters. The third kappa shape index (κ3) is 1.99. The topological polar surface area (TPSA) is 72.6 Å². The lowest BCUT2D eigenvalue weighted by molar-refractivity contribution is -0.00515. The Balaban J connectivity index is 2.30. The Morgan fingerprint density at radius 3 is 3.00 bits per heavy atom. The van der Waals surface area contributed by atoms with Crippen LogP contribution in [0.25, 0.3) is 0 Å². The standard InChI is InChI=1S/C11H12ClNO3/c12-7-3-1-2-6-4-5-8(16-11(13)15)10(14)9(6)7/h1-3,8,10,14H,4-5H2,(H2,13,15)/t8-,10-/m0/s1. The van der Waals surface area contributed by atoms with E-state index in [4.69, 9.17) is 22.1 Å². The quantitative estimate of drug-likeness (QED) is 0.787. The van der Waals surface area contributed by atoms with Gasteiger partial charge in [0.25, 0.3) is 0 Å². The zero-order valence-electron chi connectivity index (χ0n) is 8.52. The van der Waals surface area contributed by atoms with Crippen LogP contribution < -0.4 is 5.73 Å². The van der Waals surface area contributed by atoms with Crippen LogP contribution in [0.5, 0.6) is 0 Å². The number of aryl methyl sites for hydroxylation is 1. The number of hydrogen-bond acceptors (Lipinski definition) is 3. The van der Waals surface area contributed by atoms with Crippen LogP contribution in [0.4, 0.5) is 4.79 Å². The van der Waals surface area contributed by atoms with E-state index in [9.17, 15) is 9.90 Å². The number of aliphatic hydroxyl groups is 1. The fourth-order valence-corrected chi connectivity index (χ4v) is 2.35. The molecule has 0 saturated heterocycles. The van der Waals surface area contributed by atoms with Gasteiger partial charge in [0.05, 0.1) is 0 Å². The molecule has 3 N–H and O–H groups in total. The number of nitrogens with two attached hydrogens (primary N) is 1. The first-order valence-electron chi connectivity index (χ1n) is 5.01. The summed E-state index contributed by atoms with van der Waals surface area (Å²) < 4.78 is 4.85. The Morgan fingerprint density at radius 1 is 1.56 bits per heavy atom. The van der Waals surface area contributed by atoms with E-state index in [1.165, 1.54) is 0 Å². The third-order valence-corrected chi connectivity index (χ3v) is 3.09. The van der Waals surface area contributed by atoms with Gasteiger partial charge in [0, 0.05) is 10.6 Å². The molecule has 0 aliphatic heterocycles. The summed E-state index contributed by atoms with van der Waals surface area (Å²) in [4.78, 5) is 10.7. The molecule has 5 heteroatoms. The van der Waals surface area contributed by atoms with Crippen molar-refractivity contribution >= 4 is 17.7 Å². The Labute approximate surface area is 98.0 Å². The minimum Gasteiger partial charge on any atom is -0.443 e. The number of carbonyl (C=O) groups is 1. The molecule has 0 radical (unpaired) electrons. The van der Waals surface area contributed by atoms with Crippen molar-refractivity contribution < 1.29 is 14.6 Å². The summed E-state index contributed by atoms with van der Waals surface area (Å²) in [5.41, 5.74) is 6.57. The lowest BCUT2D eigenvalue weighted by Gasteiger charge is -2.29. The molecule has 1 aliphatic carbocycles. The maximum absolute atomic E-state index is 10.7. The molecule has 0 heterocycles. The highest BCUT2D eigenvalue weighted by atomic mass is 35.5. The SMILES string of the molecule is NC(=O)O[C@H]1CCc2cccc(Cl)c2[C@H]1O. The number of carbonyl (C=O) groups excluding carboxylic acids is 1. The predicted molar refractivity (Wildman–Crippen MR) is 59.2 cm³/mol. The lowest BCUT2D eigenvalue weighted by Crippen LogP contribution is -2.32. The maximum atomic E-state index is 10.7. The van der Waals surface area contributed by atoms with Crippen molar-refractivity contribution in [3.8, 4) is 0 Å². The number of halogens is 1. The largest absolute Gasteiger partial charge is 0.443 e. The molecule has 0 fully saturated rings. The maximum Gasteiger partial charge on any atom is 0.404 e. The van der Waals surface area contributed by atoms with Crippen LogP contribution >= 0.6 is 11.6 Å². The monoisotopic (exact) mass is 241 g/mol. The summed E-state index contributed by atoms with van der Waals surface area (Å²) in [5.74, 6) is 0. The summed E-state index contributed by atoms with van der Waals surface area (Å²) in [7, 11) is 0. The normalized spacial score (nSPS) is 23.6. The number of benzene rings is 1. The molecule has 1 amide bonds. The Bertz CT molecular complexity index is 422. The van der Waals surface area contributed by atoms with E-state index in [0.717, 1.165) is 5.56 Å². The van der Waals surface area contributed by atoms with Gasteiger partial charge in [-0.25, -0.2) is 4.79 Å². The van der Waals surface area contributed by atoms with Gasteiger partial charge in [-0.3, -0.25) is 0 Å². The van der Waals surface area contributed by atoms with Crippen molar-refractivity contribution in [3.63, 3.8) is 0 Å². The van der Waals surface area contributed by atoms with Gasteiger partial charge in [-0.15, -0.1) is 0 Å². The molecule has 2 rings (SSSR count). The lowest BCUT2D eigenvalue weighted by atomic mass is 9.87. The predicted octanol–water partition coefficient (Wildman–Crippen LogP) is 1.78. The van der Waals surface area contributed by atoms with Crippen molar-refractivity contribution in [3.05, 3.63) is 34.3 Å². The van der Waals surface area contributed by atoms with Crippen LogP contribution in [0.2, 0.25) is 5.02 Å². The minimum atomic E-state index is -0.898. The zero-order chi connectivity index (χ0) is 11.7. The number of primary amides is 1. The Kier molecular flexibility index (Phi) is 3.03.